The zero-order chi connectivity index (χ0) is 11.3. The van der Waals surface area contributed by atoms with Crippen molar-refractivity contribution in [2.75, 3.05) is 0 Å². The van der Waals surface area contributed by atoms with Crippen LogP contribution in [0.3, 0.4) is 0 Å². The molecule has 0 aliphatic carbocycles. The molecule has 2 N–H and O–H groups in total. The first-order valence-electron chi connectivity index (χ1n) is 4.04. The van der Waals surface area contributed by atoms with Crippen molar-refractivity contribution in [2.45, 2.75) is 0 Å². The predicted molar refractivity (Wildman–Crippen MR) is 65.6 cm³/mol. The van der Waals surface area contributed by atoms with E-state index in [0.29, 0.717) is 15.5 Å². The molecule has 0 bridgehead atoms. The van der Waals surface area contributed by atoms with Gasteiger partial charge in [0.2, 0.25) is 0 Å². The summed E-state index contributed by atoms with van der Waals surface area (Å²) in [6.45, 7) is 0. The maximum absolute atomic E-state index is 12.8. The Labute approximate surface area is 100 Å². The average Bonchev–Trinajstić information content (AvgIpc) is 2.21. The van der Waals surface area contributed by atoms with Gasteiger partial charge in [0, 0.05) is 3.57 Å². The topological polar surface area (TPSA) is 55.5 Å². The van der Waals surface area contributed by atoms with E-state index >= 15 is 0 Å². The minimum Gasteiger partial charge on any atom is -0.405 e. The highest BCUT2D eigenvalue weighted by atomic mass is 127. The van der Waals surface area contributed by atoms with Gasteiger partial charge in [0.15, 0.2) is 6.29 Å². The lowest BCUT2D eigenvalue weighted by Crippen LogP contribution is -1.96. The van der Waals surface area contributed by atoms with Gasteiger partial charge in [0.05, 0.1) is 5.69 Å². The highest BCUT2D eigenvalue weighted by Gasteiger charge is 2.00. The lowest BCUT2D eigenvalue weighted by Gasteiger charge is -1.98. The summed E-state index contributed by atoms with van der Waals surface area (Å²) in [6, 6.07) is 4.13. The van der Waals surface area contributed by atoms with E-state index in [4.69, 9.17) is 5.73 Å². The second kappa shape index (κ2) is 5.59. The lowest BCUT2D eigenvalue weighted by molar-refractivity contribution is -0.102. The highest BCUT2D eigenvalue weighted by Crippen LogP contribution is 2.22. The van der Waals surface area contributed by atoms with Crippen LogP contribution in [0.5, 0.6) is 0 Å². The molecule has 0 saturated heterocycles. The SMILES string of the molecule is NC=CC(C=O)=Nc1ccc(F)cc1I. The van der Waals surface area contributed by atoms with E-state index < -0.39 is 0 Å². The predicted octanol–water partition coefficient (Wildman–Crippen LogP) is 2.17. The average molecular weight is 318 g/mol. The fourth-order valence-electron chi connectivity index (χ4n) is 0.913. The fourth-order valence-corrected chi connectivity index (χ4v) is 1.51. The van der Waals surface area contributed by atoms with Crippen molar-refractivity contribution in [3.63, 3.8) is 0 Å². The molecule has 0 aliphatic rings. The number of allylic oxidation sites excluding steroid dienone is 1. The molecule has 1 rings (SSSR count). The Hall–Kier alpha value is -1.24. The second-order valence-electron chi connectivity index (χ2n) is 2.61. The molecule has 0 spiro atoms. The molecule has 0 aromatic heterocycles. The number of nitrogens with two attached hydrogens (primary N) is 1. The van der Waals surface area contributed by atoms with Gasteiger partial charge in [-0.1, -0.05) is 0 Å². The molecule has 15 heavy (non-hydrogen) atoms. The fraction of sp³-hybridized carbons (Fsp3) is 0. The molecule has 0 saturated carbocycles. The van der Waals surface area contributed by atoms with Gasteiger partial charge in [0.25, 0.3) is 0 Å². The third-order valence-electron chi connectivity index (χ3n) is 1.55. The van der Waals surface area contributed by atoms with Crippen molar-refractivity contribution in [1.82, 2.24) is 0 Å². The van der Waals surface area contributed by atoms with E-state index in [1.807, 2.05) is 22.6 Å². The standard InChI is InChI=1S/C10H8FIN2O/c11-7-1-2-10(9(12)5-7)14-8(6-15)3-4-13/h1-6H,13H2. The van der Waals surface area contributed by atoms with Crippen LogP contribution in [0.15, 0.2) is 35.5 Å². The van der Waals surface area contributed by atoms with E-state index in [2.05, 4.69) is 4.99 Å². The summed E-state index contributed by atoms with van der Waals surface area (Å²) in [4.78, 5) is 14.6. The molecule has 0 aliphatic heterocycles. The normalized spacial score (nSPS) is 12.0. The monoisotopic (exact) mass is 318 g/mol. The van der Waals surface area contributed by atoms with Crippen molar-refractivity contribution in [1.29, 1.82) is 0 Å². The summed E-state index contributed by atoms with van der Waals surface area (Å²) >= 11 is 1.95. The van der Waals surface area contributed by atoms with Crippen LogP contribution in [0, 0.1) is 9.39 Å². The summed E-state index contributed by atoms with van der Waals surface area (Å²) in [5.74, 6) is -0.333. The van der Waals surface area contributed by atoms with E-state index in [-0.39, 0.29) is 11.5 Å². The second-order valence-corrected chi connectivity index (χ2v) is 3.77. The summed E-state index contributed by atoms with van der Waals surface area (Å²) in [5, 5.41) is 0. The Morgan fingerprint density at radius 3 is 2.80 bits per heavy atom. The van der Waals surface area contributed by atoms with Gasteiger partial charge in [0.1, 0.15) is 11.5 Å². The number of hydrogen-bond acceptors (Lipinski definition) is 3. The molecular weight excluding hydrogens is 310 g/mol. The van der Waals surface area contributed by atoms with Crippen LogP contribution in [0.25, 0.3) is 0 Å². The Morgan fingerprint density at radius 1 is 1.53 bits per heavy atom. The molecule has 0 fully saturated rings. The molecule has 1 aromatic carbocycles. The number of benzene rings is 1. The quantitative estimate of drug-likeness (QED) is 0.528. The summed E-state index contributed by atoms with van der Waals surface area (Å²) in [5.41, 5.74) is 5.87. The third-order valence-corrected chi connectivity index (χ3v) is 2.41. The van der Waals surface area contributed by atoms with E-state index in [1.165, 1.54) is 30.5 Å². The Balaban J connectivity index is 3.11. The third kappa shape index (κ3) is 3.43. The lowest BCUT2D eigenvalue weighted by atomic mass is 10.3. The van der Waals surface area contributed by atoms with Crippen LogP contribution in [-0.2, 0) is 4.79 Å². The smallest absolute Gasteiger partial charge is 0.168 e. The first kappa shape index (κ1) is 11.8. The molecule has 0 unspecified atom stereocenters. The number of halogens is 2. The molecule has 0 radical (unpaired) electrons. The molecule has 0 atom stereocenters. The van der Waals surface area contributed by atoms with Crippen molar-refractivity contribution in [3.05, 3.63) is 39.9 Å². The number of rotatable bonds is 3. The van der Waals surface area contributed by atoms with Crippen molar-refractivity contribution < 1.29 is 9.18 Å². The van der Waals surface area contributed by atoms with Crippen LogP contribution >= 0.6 is 22.6 Å². The van der Waals surface area contributed by atoms with Gasteiger partial charge >= 0.3 is 0 Å². The van der Waals surface area contributed by atoms with E-state index in [0.717, 1.165) is 0 Å². The molecule has 1 aromatic rings. The first-order valence-corrected chi connectivity index (χ1v) is 5.12. The largest absolute Gasteiger partial charge is 0.405 e. The van der Waals surface area contributed by atoms with Crippen LogP contribution in [0.4, 0.5) is 10.1 Å². The van der Waals surface area contributed by atoms with E-state index in [1.54, 1.807) is 0 Å². The number of aliphatic imine (C=N–C) groups is 1. The Bertz CT molecular complexity index is 429. The number of nitrogens with zero attached hydrogens (tertiary/aromatic N) is 1. The minimum absolute atomic E-state index is 0.196. The first-order chi connectivity index (χ1) is 7.17. The Kier molecular flexibility index (Phi) is 4.41. The summed E-state index contributed by atoms with van der Waals surface area (Å²) < 4.78 is 13.4. The summed E-state index contributed by atoms with van der Waals surface area (Å²) in [7, 11) is 0. The number of hydrogen-bond donors (Lipinski definition) is 1. The highest BCUT2D eigenvalue weighted by molar-refractivity contribution is 14.1. The number of aldehydes is 1. The molecule has 3 nitrogen and oxygen atoms in total. The Morgan fingerprint density at radius 2 is 2.27 bits per heavy atom. The minimum atomic E-state index is -0.333. The molecule has 5 heteroatoms. The number of carbonyl (C=O) groups excluding carboxylic acids is 1. The molecule has 0 heterocycles. The van der Waals surface area contributed by atoms with Gasteiger partial charge in [-0.25, -0.2) is 9.38 Å². The van der Waals surface area contributed by atoms with Crippen molar-refractivity contribution >= 4 is 40.3 Å². The zero-order valence-electron chi connectivity index (χ0n) is 7.65. The maximum atomic E-state index is 12.8. The van der Waals surface area contributed by atoms with Gasteiger partial charge in [-0.05, 0) is 53.1 Å². The van der Waals surface area contributed by atoms with Gasteiger partial charge < -0.3 is 5.73 Å². The molecule has 78 valence electrons. The van der Waals surface area contributed by atoms with Gasteiger partial charge in [-0.2, -0.15) is 0 Å². The van der Waals surface area contributed by atoms with Crippen LogP contribution in [0.1, 0.15) is 0 Å². The maximum Gasteiger partial charge on any atom is 0.168 e. The van der Waals surface area contributed by atoms with Gasteiger partial charge in [-0.15, -0.1) is 0 Å². The van der Waals surface area contributed by atoms with Crippen LogP contribution in [-0.4, -0.2) is 12.0 Å². The zero-order valence-corrected chi connectivity index (χ0v) is 9.81. The molecule has 0 amide bonds. The number of carbonyl (C=O) groups is 1. The van der Waals surface area contributed by atoms with Gasteiger partial charge in [-0.3, -0.25) is 4.79 Å². The van der Waals surface area contributed by atoms with Crippen molar-refractivity contribution in [2.24, 2.45) is 10.7 Å². The van der Waals surface area contributed by atoms with Crippen LogP contribution in [0.2, 0.25) is 0 Å². The van der Waals surface area contributed by atoms with Crippen LogP contribution < -0.4 is 5.73 Å². The summed E-state index contributed by atoms with van der Waals surface area (Å²) in [6.07, 6.45) is 3.19. The van der Waals surface area contributed by atoms with E-state index in [9.17, 15) is 9.18 Å². The molecular formula is C10H8FIN2O. The van der Waals surface area contributed by atoms with Crippen molar-refractivity contribution in [3.8, 4) is 0 Å².